The molecule has 0 radical (unpaired) electrons. The van der Waals surface area contributed by atoms with Gasteiger partial charge in [0.2, 0.25) is 5.91 Å². The van der Waals surface area contributed by atoms with E-state index in [1.54, 1.807) is 23.2 Å². The van der Waals surface area contributed by atoms with Gasteiger partial charge in [0.25, 0.3) is 0 Å². The number of carbonyl (C=O) groups is 3. The number of esters is 1. The predicted octanol–water partition coefficient (Wildman–Crippen LogP) is 7.50. The molecule has 3 unspecified atom stereocenters. The van der Waals surface area contributed by atoms with Gasteiger partial charge in [-0.2, -0.15) is 0 Å². The first-order chi connectivity index (χ1) is 24.8. The Morgan fingerprint density at radius 2 is 1.60 bits per heavy atom. The highest BCUT2D eigenvalue weighted by molar-refractivity contribution is 6.19. The summed E-state index contributed by atoms with van der Waals surface area (Å²) >= 11 is 0. The Labute approximate surface area is 303 Å². The summed E-state index contributed by atoms with van der Waals surface area (Å²) in [5.74, 6) is -1.01. The zero-order chi connectivity index (χ0) is 36.5. The average molecular weight is 703 g/mol. The summed E-state index contributed by atoms with van der Waals surface area (Å²) in [4.78, 5) is 57.4. The minimum absolute atomic E-state index is 0.00351. The standard InChI is InChI=1S/C41H46N6O5/c1-40(2,3)51-38(49)33-32-35-28(18-25(21-43-35)24-17-26(22-42-20-24)44-37(48)23-13-14-23)34(45-36(32)33)31-19-27-29(46-15-8-7-9-16-46)11-10-12-30(27)47(31)39(50)52-41(4,5)6/h10-12,17-23,32-33,36H,7-9,13-16H2,1-6H3,(H,44,48). The van der Waals surface area contributed by atoms with Crippen LogP contribution in [-0.4, -0.2) is 68.5 Å². The monoisotopic (exact) mass is 702 g/mol. The smallest absolute Gasteiger partial charge is 0.419 e. The maximum Gasteiger partial charge on any atom is 0.419 e. The summed E-state index contributed by atoms with van der Waals surface area (Å²) in [6, 6.07) is 11.6. The summed E-state index contributed by atoms with van der Waals surface area (Å²) in [5, 5.41) is 3.93. The van der Waals surface area contributed by atoms with E-state index in [-0.39, 0.29) is 29.8 Å². The van der Waals surface area contributed by atoms with E-state index in [4.69, 9.17) is 19.5 Å². The van der Waals surface area contributed by atoms with Gasteiger partial charge in [0.1, 0.15) is 11.2 Å². The van der Waals surface area contributed by atoms with Crippen LogP contribution in [0.3, 0.4) is 0 Å². The number of piperidine rings is 1. The number of ether oxygens (including phenoxy) is 2. The van der Waals surface area contributed by atoms with Crippen molar-refractivity contribution in [3.63, 3.8) is 0 Å². The van der Waals surface area contributed by atoms with Crippen LogP contribution < -0.4 is 10.2 Å². The second-order valence-electron chi connectivity index (χ2n) is 16.5. The van der Waals surface area contributed by atoms with E-state index < -0.39 is 23.2 Å². The highest BCUT2D eigenvalue weighted by Gasteiger charge is 2.61. The van der Waals surface area contributed by atoms with E-state index in [2.05, 4.69) is 21.3 Å². The molecule has 3 aromatic heterocycles. The Balaban J connectivity index is 1.28. The van der Waals surface area contributed by atoms with Crippen LogP contribution in [0.15, 0.2) is 60.0 Å². The van der Waals surface area contributed by atoms with Gasteiger partial charge >= 0.3 is 12.1 Å². The van der Waals surface area contributed by atoms with E-state index in [1.807, 2.05) is 71.9 Å². The number of aromatic nitrogens is 3. The second kappa shape index (κ2) is 12.6. The van der Waals surface area contributed by atoms with Crippen LogP contribution in [0.1, 0.15) is 96.5 Å². The summed E-state index contributed by atoms with van der Waals surface area (Å²) in [6.07, 6.45) is 9.89. The normalized spacial score (nSPS) is 21.2. The molecule has 52 heavy (non-hydrogen) atoms. The molecule has 2 aliphatic carbocycles. The molecule has 270 valence electrons. The van der Waals surface area contributed by atoms with Gasteiger partial charge < -0.3 is 19.7 Å². The molecule has 2 saturated carbocycles. The molecule has 1 aromatic carbocycles. The summed E-state index contributed by atoms with van der Waals surface area (Å²) in [6.45, 7) is 13.0. The van der Waals surface area contributed by atoms with E-state index in [0.29, 0.717) is 17.1 Å². The molecular formula is C41H46N6O5. The van der Waals surface area contributed by atoms with E-state index in [9.17, 15) is 14.4 Å². The molecule has 1 amide bonds. The van der Waals surface area contributed by atoms with Crippen molar-refractivity contribution in [3.8, 4) is 11.1 Å². The fourth-order valence-corrected chi connectivity index (χ4v) is 7.51. The lowest BCUT2D eigenvalue weighted by Gasteiger charge is -2.29. The molecule has 0 bridgehead atoms. The van der Waals surface area contributed by atoms with Gasteiger partial charge in [-0.25, -0.2) is 9.36 Å². The van der Waals surface area contributed by atoms with E-state index in [1.165, 1.54) is 6.42 Å². The largest absolute Gasteiger partial charge is 0.460 e. The number of hydrogen-bond acceptors (Lipinski definition) is 9. The molecule has 5 heterocycles. The van der Waals surface area contributed by atoms with Gasteiger partial charge in [0.15, 0.2) is 0 Å². The fourth-order valence-electron chi connectivity index (χ4n) is 7.51. The molecule has 8 rings (SSSR count). The summed E-state index contributed by atoms with van der Waals surface area (Å²) in [7, 11) is 0. The number of nitrogens with one attached hydrogen (secondary N) is 1. The third-order valence-electron chi connectivity index (χ3n) is 10.1. The SMILES string of the molecule is CC(C)(C)OC(=O)C1C2N=C(c3cc4c(N5CCCCC5)cccc4n3C(=O)OC(C)(C)C)c3cc(-c4cncc(NC(=O)C5CC5)c4)cnc3C21. The van der Waals surface area contributed by atoms with Crippen LogP contribution >= 0.6 is 0 Å². The number of carbonyl (C=O) groups excluding carboxylic acids is 3. The molecular weight excluding hydrogens is 656 g/mol. The zero-order valence-electron chi connectivity index (χ0n) is 30.7. The first-order valence-electron chi connectivity index (χ1n) is 18.5. The van der Waals surface area contributed by atoms with Crippen LogP contribution in [0.25, 0.3) is 22.0 Å². The first-order valence-corrected chi connectivity index (χ1v) is 18.5. The molecule has 1 N–H and O–H groups in total. The fraction of sp³-hybridized carbons (Fsp3) is 0.463. The van der Waals surface area contributed by atoms with Crippen LogP contribution in [-0.2, 0) is 19.1 Å². The number of benzene rings is 1. The molecule has 4 aliphatic rings. The number of rotatable bonds is 6. The van der Waals surface area contributed by atoms with Crippen molar-refractivity contribution >= 4 is 46.0 Å². The van der Waals surface area contributed by atoms with E-state index >= 15 is 0 Å². The highest BCUT2D eigenvalue weighted by atomic mass is 16.6. The van der Waals surface area contributed by atoms with Gasteiger partial charge in [0.05, 0.1) is 46.5 Å². The lowest BCUT2D eigenvalue weighted by Crippen LogP contribution is -2.30. The van der Waals surface area contributed by atoms with Crippen molar-refractivity contribution in [2.75, 3.05) is 23.3 Å². The third kappa shape index (κ3) is 6.57. The van der Waals surface area contributed by atoms with Crippen LogP contribution in [0.5, 0.6) is 0 Å². The number of anilines is 2. The maximum atomic E-state index is 14.2. The summed E-state index contributed by atoms with van der Waals surface area (Å²) in [5.41, 5.74) is 5.14. The summed E-state index contributed by atoms with van der Waals surface area (Å²) < 4.78 is 13.5. The Kier molecular flexibility index (Phi) is 8.23. The van der Waals surface area contributed by atoms with Crippen molar-refractivity contribution in [2.24, 2.45) is 16.8 Å². The number of nitrogens with zero attached hydrogens (tertiary/aromatic N) is 5. The van der Waals surface area contributed by atoms with Crippen molar-refractivity contribution in [2.45, 2.75) is 96.8 Å². The molecule has 11 heteroatoms. The lowest BCUT2D eigenvalue weighted by molar-refractivity contribution is -0.156. The van der Waals surface area contributed by atoms with Crippen LogP contribution in [0.2, 0.25) is 0 Å². The first kappa shape index (κ1) is 34.0. The van der Waals surface area contributed by atoms with Crippen LogP contribution in [0.4, 0.5) is 16.2 Å². The lowest BCUT2D eigenvalue weighted by atomic mass is 9.96. The molecule has 11 nitrogen and oxygen atoms in total. The molecule has 2 aliphatic heterocycles. The van der Waals surface area contributed by atoms with Crippen molar-refractivity contribution in [1.82, 2.24) is 14.5 Å². The van der Waals surface area contributed by atoms with Crippen molar-refractivity contribution in [3.05, 3.63) is 71.9 Å². The van der Waals surface area contributed by atoms with Gasteiger partial charge in [-0.1, -0.05) is 6.07 Å². The topological polar surface area (TPSA) is 128 Å². The van der Waals surface area contributed by atoms with Crippen LogP contribution in [0, 0.1) is 11.8 Å². The minimum atomic E-state index is -0.743. The second-order valence-corrected chi connectivity index (χ2v) is 16.5. The number of hydrogen-bond donors (Lipinski definition) is 1. The average Bonchev–Trinajstić information content (AvgIpc) is 4.02. The Hall–Kier alpha value is -5.06. The molecule has 3 fully saturated rings. The van der Waals surface area contributed by atoms with Gasteiger partial charge in [-0.05, 0) is 104 Å². The minimum Gasteiger partial charge on any atom is -0.460 e. The molecule has 4 aromatic rings. The predicted molar refractivity (Wildman–Crippen MR) is 200 cm³/mol. The Morgan fingerprint density at radius 1 is 0.865 bits per heavy atom. The number of aliphatic imine (C=N–C) groups is 1. The number of fused-ring (bicyclic) bond motifs is 4. The molecule has 3 atom stereocenters. The quantitative estimate of drug-likeness (QED) is 0.205. The van der Waals surface area contributed by atoms with Crippen molar-refractivity contribution < 1.29 is 23.9 Å². The third-order valence-corrected chi connectivity index (χ3v) is 10.1. The molecule has 0 spiro atoms. The number of amides is 1. The van der Waals surface area contributed by atoms with Gasteiger partial charge in [0, 0.05) is 65.1 Å². The Morgan fingerprint density at radius 3 is 2.31 bits per heavy atom. The van der Waals surface area contributed by atoms with Gasteiger partial charge in [-0.15, -0.1) is 0 Å². The highest BCUT2D eigenvalue weighted by Crippen LogP contribution is 2.55. The number of pyridine rings is 2. The van der Waals surface area contributed by atoms with Gasteiger partial charge in [-0.3, -0.25) is 24.5 Å². The Bertz CT molecular complexity index is 2130. The molecule has 1 saturated heterocycles. The maximum absolute atomic E-state index is 14.2. The van der Waals surface area contributed by atoms with E-state index in [0.717, 1.165) is 77.7 Å². The van der Waals surface area contributed by atoms with Crippen molar-refractivity contribution in [1.29, 1.82) is 0 Å². The zero-order valence-corrected chi connectivity index (χ0v) is 30.7.